The van der Waals surface area contributed by atoms with Crippen LogP contribution in [0.15, 0.2) is 67.5 Å². The fourth-order valence-corrected chi connectivity index (χ4v) is 2.68. The lowest BCUT2D eigenvalue weighted by atomic mass is 10.1. The summed E-state index contributed by atoms with van der Waals surface area (Å²) in [5.74, 6) is 0.709. The number of aromatic amines is 1. The summed E-state index contributed by atoms with van der Waals surface area (Å²) in [6.45, 7) is 1.00. The van der Waals surface area contributed by atoms with Crippen LogP contribution in [0.5, 0.6) is 0 Å². The first kappa shape index (κ1) is 17.4. The standard InChI is InChI=1S/C19H18N8O/c28-19(21-9-14-3-5-16(6-4-14)18-22-13-23-26-18)25-17-10-24-27(12-17)11-15-2-1-7-20-8-15/h1-8,10,12-13H,9,11H2,(H2,21,25,28)(H,22,23,26). The molecule has 0 spiro atoms. The maximum Gasteiger partial charge on any atom is 0.319 e. The lowest BCUT2D eigenvalue weighted by molar-refractivity contribution is 0.251. The zero-order valence-corrected chi connectivity index (χ0v) is 14.9. The highest BCUT2D eigenvalue weighted by Gasteiger charge is 2.06. The van der Waals surface area contributed by atoms with Gasteiger partial charge in [0, 0.05) is 30.7 Å². The molecular weight excluding hydrogens is 356 g/mol. The largest absolute Gasteiger partial charge is 0.334 e. The van der Waals surface area contributed by atoms with Crippen molar-refractivity contribution in [1.82, 2.24) is 35.3 Å². The number of rotatable bonds is 6. The van der Waals surface area contributed by atoms with Gasteiger partial charge in [0.1, 0.15) is 6.33 Å². The number of amides is 2. The van der Waals surface area contributed by atoms with Crippen LogP contribution in [0.1, 0.15) is 11.1 Å². The first-order valence-corrected chi connectivity index (χ1v) is 8.67. The first-order valence-electron chi connectivity index (χ1n) is 8.67. The normalized spacial score (nSPS) is 10.6. The predicted molar refractivity (Wildman–Crippen MR) is 103 cm³/mol. The predicted octanol–water partition coefficient (Wildman–Crippen LogP) is 2.43. The van der Waals surface area contributed by atoms with Crippen molar-refractivity contribution < 1.29 is 4.79 Å². The van der Waals surface area contributed by atoms with Gasteiger partial charge in [-0.25, -0.2) is 9.78 Å². The van der Waals surface area contributed by atoms with Gasteiger partial charge in [0.2, 0.25) is 0 Å². The van der Waals surface area contributed by atoms with Gasteiger partial charge >= 0.3 is 6.03 Å². The molecule has 0 radical (unpaired) electrons. The van der Waals surface area contributed by atoms with Crippen molar-refractivity contribution >= 4 is 11.7 Å². The molecular formula is C19H18N8O. The molecule has 4 rings (SSSR count). The molecule has 0 fully saturated rings. The second-order valence-corrected chi connectivity index (χ2v) is 6.13. The van der Waals surface area contributed by atoms with Crippen molar-refractivity contribution in [3.8, 4) is 11.4 Å². The van der Waals surface area contributed by atoms with Gasteiger partial charge in [0.15, 0.2) is 5.82 Å². The SMILES string of the molecule is O=C(NCc1ccc(-c2ncn[nH]2)cc1)Nc1cnn(Cc2cccnc2)c1. The van der Waals surface area contributed by atoms with E-state index in [0.717, 1.165) is 16.7 Å². The molecule has 4 aromatic rings. The number of nitrogens with zero attached hydrogens (tertiary/aromatic N) is 5. The van der Waals surface area contributed by atoms with Gasteiger partial charge in [0.25, 0.3) is 0 Å². The van der Waals surface area contributed by atoms with Crippen molar-refractivity contribution in [1.29, 1.82) is 0 Å². The van der Waals surface area contributed by atoms with Crippen LogP contribution >= 0.6 is 0 Å². The maximum absolute atomic E-state index is 12.1. The molecule has 0 aliphatic carbocycles. The molecule has 3 heterocycles. The van der Waals surface area contributed by atoms with Crippen LogP contribution < -0.4 is 10.6 Å². The van der Waals surface area contributed by atoms with Crippen LogP contribution in [0.2, 0.25) is 0 Å². The third kappa shape index (κ3) is 4.39. The minimum atomic E-state index is -0.291. The van der Waals surface area contributed by atoms with Crippen molar-refractivity contribution in [3.63, 3.8) is 0 Å². The highest BCUT2D eigenvalue weighted by Crippen LogP contribution is 2.14. The Hall–Kier alpha value is -4.01. The van der Waals surface area contributed by atoms with Crippen molar-refractivity contribution in [2.24, 2.45) is 0 Å². The number of urea groups is 1. The molecule has 0 bridgehead atoms. The number of hydrogen-bond acceptors (Lipinski definition) is 5. The molecule has 1 aromatic carbocycles. The molecule has 3 aromatic heterocycles. The fourth-order valence-electron chi connectivity index (χ4n) is 2.68. The van der Waals surface area contributed by atoms with Gasteiger partial charge in [0.05, 0.1) is 18.4 Å². The lowest BCUT2D eigenvalue weighted by Crippen LogP contribution is -2.28. The average molecular weight is 374 g/mol. The zero-order valence-electron chi connectivity index (χ0n) is 14.9. The minimum Gasteiger partial charge on any atom is -0.334 e. The number of H-pyrrole nitrogens is 1. The Morgan fingerprint density at radius 3 is 2.75 bits per heavy atom. The van der Waals surface area contributed by atoms with Crippen LogP contribution in [0.25, 0.3) is 11.4 Å². The Labute approximate surface area is 160 Å². The second kappa shape index (κ2) is 8.12. The number of carbonyl (C=O) groups is 1. The molecule has 140 valence electrons. The van der Waals surface area contributed by atoms with Crippen molar-refractivity contribution in [3.05, 3.63) is 78.6 Å². The smallest absolute Gasteiger partial charge is 0.319 e. The highest BCUT2D eigenvalue weighted by molar-refractivity contribution is 5.88. The molecule has 0 saturated heterocycles. The lowest BCUT2D eigenvalue weighted by Gasteiger charge is -2.06. The number of aromatic nitrogens is 6. The Morgan fingerprint density at radius 2 is 2.00 bits per heavy atom. The van der Waals surface area contributed by atoms with Gasteiger partial charge < -0.3 is 10.6 Å². The molecule has 9 heteroatoms. The number of hydrogen-bond donors (Lipinski definition) is 3. The minimum absolute atomic E-state index is 0.291. The van der Waals surface area contributed by atoms with E-state index < -0.39 is 0 Å². The van der Waals surface area contributed by atoms with Gasteiger partial charge in [-0.15, -0.1) is 0 Å². The molecule has 0 unspecified atom stereocenters. The number of nitrogens with one attached hydrogen (secondary N) is 3. The van der Waals surface area contributed by atoms with E-state index in [-0.39, 0.29) is 6.03 Å². The summed E-state index contributed by atoms with van der Waals surface area (Å²) in [5, 5.41) is 16.5. The van der Waals surface area contributed by atoms with Gasteiger partial charge in [-0.3, -0.25) is 14.8 Å². The van der Waals surface area contributed by atoms with Crippen molar-refractivity contribution in [2.45, 2.75) is 13.1 Å². The summed E-state index contributed by atoms with van der Waals surface area (Å²) in [7, 11) is 0. The molecule has 0 atom stereocenters. The van der Waals surface area contributed by atoms with Crippen LogP contribution in [0, 0.1) is 0 Å². The number of benzene rings is 1. The molecule has 0 aliphatic rings. The average Bonchev–Trinajstić information content (AvgIpc) is 3.40. The van der Waals surface area contributed by atoms with E-state index >= 15 is 0 Å². The number of carbonyl (C=O) groups excluding carboxylic acids is 1. The summed E-state index contributed by atoms with van der Waals surface area (Å²) in [5.41, 5.74) is 3.58. The monoisotopic (exact) mass is 374 g/mol. The number of anilines is 1. The van der Waals surface area contributed by atoms with Gasteiger partial charge in [-0.2, -0.15) is 10.2 Å². The summed E-state index contributed by atoms with van der Waals surface area (Å²) < 4.78 is 1.74. The van der Waals surface area contributed by atoms with E-state index in [1.54, 1.807) is 29.5 Å². The Morgan fingerprint density at radius 1 is 1.11 bits per heavy atom. The van der Waals surface area contributed by atoms with E-state index in [1.807, 2.05) is 36.4 Å². The summed E-state index contributed by atoms with van der Waals surface area (Å²) in [6.07, 6.45) is 8.37. The summed E-state index contributed by atoms with van der Waals surface area (Å²) in [4.78, 5) is 20.3. The Kier molecular flexibility index (Phi) is 5.05. The second-order valence-electron chi connectivity index (χ2n) is 6.13. The summed E-state index contributed by atoms with van der Waals surface area (Å²) in [6, 6.07) is 11.3. The quantitative estimate of drug-likeness (QED) is 0.480. The van der Waals surface area contributed by atoms with E-state index in [9.17, 15) is 4.79 Å². The highest BCUT2D eigenvalue weighted by atomic mass is 16.2. The molecule has 9 nitrogen and oxygen atoms in total. The topological polar surface area (TPSA) is 113 Å². The molecule has 2 amide bonds. The molecule has 28 heavy (non-hydrogen) atoms. The fraction of sp³-hybridized carbons (Fsp3) is 0.105. The Bertz CT molecular complexity index is 1030. The molecule has 3 N–H and O–H groups in total. The Balaban J connectivity index is 1.28. The number of pyridine rings is 1. The van der Waals surface area contributed by atoms with Crippen LogP contribution in [-0.2, 0) is 13.1 Å². The van der Waals surface area contributed by atoms with Gasteiger partial charge in [-0.05, 0) is 17.2 Å². The van der Waals surface area contributed by atoms with Crippen LogP contribution in [0.4, 0.5) is 10.5 Å². The van der Waals surface area contributed by atoms with Crippen LogP contribution in [-0.4, -0.2) is 36.0 Å². The third-order valence-electron chi connectivity index (χ3n) is 4.05. The van der Waals surface area contributed by atoms with E-state index in [2.05, 4.69) is 35.9 Å². The maximum atomic E-state index is 12.1. The van der Waals surface area contributed by atoms with E-state index in [0.29, 0.717) is 24.6 Å². The van der Waals surface area contributed by atoms with E-state index in [4.69, 9.17) is 0 Å². The third-order valence-corrected chi connectivity index (χ3v) is 4.05. The summed E-state index contributed by atoms with van der Waals surface area (Å²) >= 11 is 0. The first-order chi connectivity index (χ1) is 13.8. The zero-order chi connectivity index (χ0) is 19.2. The van der Waals surface area contributed by atoms with Gasteiger partial charge in [-0.1, -0.05) is 30.3 Å². The van der Waals surface area contributed by atoms with Crippen molar-refractivity contribution in [2.75, 3.05) is 5.32 Å². The van der Waals surface area contributed by atoms with E-state index in [1.165, 1.54) is 6.33 Å². The van der Waals surface area contributed by atoms with Crippen LogP contribution in [0.3, 0.4) is 0 Å². The molecule has 0 aliphatic heterocycles. The molecule has 0 saturated carbocycles.